The summed E-state index contributed by atoms with van der Waals surface area (Å²) in [5, 5.41) is 0. The van der Waals surface area contributed by atoms with Gasteiger partial charge in [0, 0.05) is 36.9 Å². The second-order valence-corrected chi connectivity index (χ2v) is 8.03. The smallest absolute Gasteiger partial charge is 0.242 e. The number of hydrogen-bond donors (Lipinski definition) is 0. The molecule has 1 fully saturated rings. The van der Waals surface area contributed by atoms with Crippen LogP contribution in [0.15, 0.2) is 47.4 Å². The molecular weight excluding hydrogens is 398 g/mol. The van der Waals surface area contributed by atoms with Crippen LogP contribution >= 0.6 is 11.8 Å². The monoisotopic (exact) mass is 418 g/mol. The van der Waals surface area contributed by atoms with Crippen LogP contribution in [-0.4, -0.2) is 48.2 Å². The van der Waals surface area contributed by atoms with Gasteiger partial charge in [0.05, 0.1) is 11.4 Å². The zero-order chi connectivity index (χ0) is 20.4. The number of ether oxygens (including phenoxy) is 1. The summed E-state index contributed by atoms with van der Waals surface area (Å²) < 4.78 is 32.4. The van der Waals surface area contributed by atoms with Gasteiger partial charge in [0.2, 0.25) is 11.8 Å². The molecule has 0 radical (unpaired) electrons. The number of anilines is 1. The third-order valence-corrected chi connectivity index (χ3v) is 6.13. The van der Waals surface area contributed by atoms with Gasteiger partial charge in [-0.3, -0.25) is 9.59 Å². The Morgan fingerprint density at radius 3 is 2.66 bits per heavy atom. The van der Waals surface area contributed by atoms with Gasteiger partial charge in [-0.1, -0.05) is 12.1 Å². The summed E-state index contributed by atoms with van der Waals surface area (Å²) >= 11 is 1.48. The Morgan fingerprint density at radius 1 is 1.14 bits per heavy atom. The quantitative estimate of drug-likeness (QED) is 0.763. The standard InChI is InChI=1S/C21H20F2N2O3S/c22-14-5-6-18(16(23)11-14)28-15-7-9-24(10-8-15)20(26)12-25-17-3-1-2-4-19(17)29-13-21(25)27/h1-6,11,15H,7-10,12-13H2. The fourth-order valence-electron chi connectivity index (χ4n) is 3.54. The van der Waals surface area contributed by atoms with Crippen molar-refractivity contribution >= 4 is 29.3 Å². The van der Waals surface area contributed by atoms with E-state index in [1.165, 1.54) is 17.8 Å². The molecule has 0 bridgehead atoms. The number of amides is 2. The average Bonchev–Trinajstić information content (AvgIpc) is 2.72. The normalized spacial score (nSPS) is 17.2. The Bertz CT molecular complexity index is 932. The molecule has 0 N–H and O–H groups in total. The Labute approximate surface area is 171 Å². The zero-order valence-corrected chi connectivity index (χ0v) is 16.5. The lowest BCUT2D eigenvalue weighted by Crippen LogP contribution is -2.48. The van der Waals surface area contributed by atoms with E-state index in [9.17, 15) is 18.4 Å². The summed E-state index contributed by atoms with van der Waals surface area (Å²) in [6.07, 6.45) is 0.846. The van der Waals surface area contributed by atoms with Crippen molar-refractivity contribution in [3.63, 3.8) is 0 Å². The molecule has 2 aliphatic heterocycles. The van der Waals surface area contributed by atoms with Crippen LogP contribution in [0.3, 0.4) is 0 Å². The van der Waals surface area contributed by atoms with Crippen molar-refractivity contribution < 1.29 is 23.1 Å². The van der Waals surface area contributed by atoms with Crippen LogP contribution in [0.2, 0.25) is 0 Å². The molecule has 2 heterocycles. The minimum Gasteiger partial charge on any atom is -0.487 e. The third kappa shape index (κ3) is 4.37. The molecule has 2 aromatic carbocycles. The molecule has 0 aliphatic carbocycles. The van der Waals surface area contributed by atoms with Crippen LogP contribution < -0.4 is 9.64 Å². The highest BCUT2D eigenvalue weighted by Gasteiger charge is 2.30. The molecule has 1 saturated heterocycles. The van der Waals surface area contributed by atoms with E-state index < -0.39 is 11.6 Å². The average molecular weight is 418 g/mol. The lowest BCUT2D eigenvalue weighted by atomic mass is 10.1. The summed E-state index contributed by atoms with van der Waals surface area (Å²) in [7, 11) is 0. The molecule has 2 aliphatic rings. The van der Waals surface area contributed by atoms with Gasteiger partial charge in [0.1, 0.15) is 18.5 Å². The summed E-state index contributed by atoms with van der Waals surface area (Å²) in [5.74, 6) is -1.24. The molecule has 0 atom stereocenters. The summed E-state index contributed by atoms with van der Waals surface area (Å²) in [6, 6.07) is 10.8. The number of benzene rings is 2. The van der Waals surface area contributed by atoms with E-state index in [4.69, 9.17) is 4.74 Å². The van der Waals surface area contributed by atoms with Gasteiger partial charge < -0.3 is 14.5 Å². The maximum absolute atomic E-state index is 13.8. The molecule has 152 valence electrons. The fraction of sp³-hybridized carbons (Fsp3) is 0.333. The molecule has 29 heavy (non-hydrogen) atoms. The van der Waals surface area contributed by atoms with Gasteiger partial charge in [0.15, 0.2) is 11.6 Å². The SMILES string of the molecule is O=C(CN1C(=O)CSc2ccccc21)N1CCC(Oc2ccc(F)cc2F)CC1. The lowest BCUT2D eigenvalue weighted by molar-refractivity contribution is -0.132. The zero-order valence-electron chi connectivity index (χ0n) is 15.6. The molecule has 8 heteroatoms. The van der Waals surface area contributed by atoms with Crippen LogP contribution in [-0.2, 0) is 9.59 Å². The Balaban J connectivity index is 1.34. The largest absolute Gasteiger partial charge is 0.487 e. The first kappa shape index (κ1) is 19.7. The molecule has 0 saturated carbocycles. The van der Waals surface area contributed by atoms with Gasteiger partial charge in [-0.2, -0.15) is 0 Å². The lowest BCUT2D eigenvalue weighted by Gasteiger charge is -2.35. The molecule has 2 aromatic rings. The van der Waals surface area contributed by atoms with Crippen molar-refractivity contribution in [2.45, 2.75) is 23.8 Å². The minimum atomic E-state index is -0.733. The van der Waals surface area contributed by atoms with Gasteiger partial charge in [-0.25, -0.2) is 8.78 Å². The molecular formula is C21H20F2N2O3S. The highest BCUT2D eigenvalue weighted by atomic mass is 32.2. The molecule has 4 rings (SSSR count). The van der Waals surface area contributed by atoms with E-state index in [1.54, 1.807) is 9.80 Å². The highest BCUT2D eigenvalue weighted by molar-refractivity contribution is 8.00. The van der Waals surface area contributed by atoms with Crippen molar-refractivity contribution in [2.75, 3.05) is 30.3 Å². The van der Waals surface area contributed by atoms with E-state index >= 15 is 0 Å². The van der Waals surface area contributed by atoms with Gasteiger partial charge >= 0.3 is 0 Å². The molecule has 0 aromatic heterocycles. The van der Waals surface area contributed by atoms with E-state index in [1.807, 2.05) is 24.3 Å². The van der Waals surface area contributed by atoms with E-state index in [2.05, 4.69) is 0 Å². The Kier molecular flexibility index (Phi) is 5.71. The first-order chi connectivity index (χ1) is 14.0. The van der Waals surface area contributed by atoms with Gasteiger partial charge in [-0.05, 0) is 24.3 Å². The molecule has 5 nitrogen and oxygen atoms in total. The molecule has 0 unspecified atom stereocenters. The van der Waals surface area contributed by atoms with Crippen LogP contribution in [0.4, 0.5) is 14.5 Å². The number of nitrogens with zero attached hydrogens (tertiary/aromatic N) is 2. The van der Waals surface area contributed by atoms with Crippen molar-refractivity contribution in [1.29, 1.82) is 0 Å². The van der Waals surface area contributed by atoms with Crippen molar-refractivity contribution in [2.24, 2.45) is 0 Å². The number of para-hydroxylation sites is 1. The fourth-order valence-corrected chi connectivity index (χ4v) is 4.47. The number of likely N-dealkylation sites (tertiary alicyclic amines) is 1. The Hall–Kier alpha value is -2.61. The molecule has 2 amide bonds. The topological polar surface area (TPSA) is 49.9 Å². The third-order valence-electron chi connectivity index (χ3n) is 5.08. The van der Waals surface area contributed by atoms with Crippen LogP contribution in [0.5, 0.6) is 5.75 Å². The van der Waals surface area contributed by atoms with Gasteiger partial charge in [0.25, 0.3) is 0 Å². The second-order valence-electron chi connectivity index (χ2n) is 7.01. The number of thioether (sulfide) groups is 1. The van der Waals surface area contributed by atoms with Crippen LogP contribution in [0.1, 0.15) is 12.8 Å². The molecule has 0 spiro atoms. The number of halogens is 2. The number of hydrogen-bond acceptors (Lipinski definition) is 4. The van der Waals surface area contributed by atoms with E-state index in [0.29, 0.717) is 31.7 Å². The first-order valence-electron chi connectivity index (χ1n) is 9.43. The maximum atomic E-state index is 13.8. The van der Waals surface area contributed by atoms with Crippen molar-refractivity contribution in [3.05, 3.63) is 54.1 Å². The van der Waals surface area contributed by atoms with E-state index in [0.717, 1.165) is 22.7 Å². The van der Waals surface area contributed by atoms with Crippen molar-refractivity contribution in [3.8, 4) is 5.75 Å². The number of piperidine rings is 1. The van der Waals surface area contributed by atoms with Crippen molar-refractivity contribution in [1.82, 2.24) is 4.90 Å². The van der Waals surface area contributed by atoms with Crippen LogP contribution in [0.25, 0.3) is 0 Å². The maximum Gasteiger partial charge on any atom is 0.242 e. The van der Waals surface area contributed by atoms with E-state index in [-0.39, 0.29) is 30.2 Å². The first-order valence-corrected chi connectivity index (χ1v) is 10.4. The number of rotatable bonds is 4. The minimum absolute atomic E-state index is 0.00845. The summed E-state index contributed by atoms with van der Waals surface area (Å²) in [6.45, 7) is 0.935. The summed E-state index contributed by atoms with van der Waals surface area (Å²) in [4.78, 5) is 29.3. The number of carbonyl (C=O) groups excluding carboxylic acids is 2. The predicted octanol–water partition coefficient (Wildman–Crippen LogP) is 3.47. The number of carbonyl (C=O) groups is 2. The predicted molar refractivity (Wildman–Crippen MR) is 106 cm³/mol. The summed E-state index contributed by atoms with van der Waals surface area (Å²) in [5.41, 5.74) is 0.770. The Morgan fingerprint density at radius 2 is 1.90 bits per heavy atom. The van der Waals surface area contributed by atoms with Gasteiger partial charge in [-0.15, -0.1) is 11.8 Å². The second kappa shape index (κ2) is 8.41. The number of fused-ring (bicyclic) bond motifs is 1. The van der Waals surface area contributed by atoms with Crippen LogP contribution in [0, 0.1) is 11.6 Å². The highest BCUT2D eigenvalue weighted by Crippen LogP contribution is 2.35.